The van der Waals surface area contributed by atoms with Crippen LogP contribution in [0, 0.1) is 11.8 Å². The Bertz CT molecular complexity index is 784. The fraction of sp³-hybridized carbons (Fsp3) is 0.526. The molecule has 1 aromatic carbocycles. The minimum absolute atomic E-state index is 0.272. The van der Waals surface area contributed by atoms with Crippen LogP contribution >= 0.6 is 11.6 Å². The molecule has 4 heteroatoms. The zero-order valence-electron chi connectivity index (χ0n) is 13.1. The molecule has 4 heterocycles. The van der Waals surface area contributed by atoms with E-state index < -0.39 is 0 Å². The van der Waals surface area contributed by atoms with E-state index in [2.05, 4.69) is 4.90 Å². The number of carbonyl (C=O) groups excluding carboxylic acids is 1. The summed E-state index contributed by atoms with van der Waals surface area (Å²) in [6, 6.07) is 7.45. The number of fused-ring (bicyclic) bond motifs is 3. The Morgan fingerprint density at radius 2 is 2.04 bits per heavy atom. The van der Waals surface area contributed by atoms with Gasteiger partial charge in [-0.15, -0.1) is 0 Å². The van der Waals surface area contributed by atoms with Crippen molar-refractivity contribution in [1.29, 1.82) is 0 Å². The Kier molecular flexibility index (Phi) is 2.96. The Morgan fingerprint density at radius 1 is 1.26 bits per heavy atom. The molecule has 4 fully saturated rings. The topological polar surface area (TPSA) is 33.5 Å². The van der Waals surface area contributed by atoms with Crippen LogP contribution in [0.1, 0.15) is 42.5 Å². The average molecular weight is 330 g/mol. The highest BCUT2D eigenvalue weighted by Gasteiger charge is 2.60. The van der Waals surface area contributed by atoms with Gasteiger partial charge in [0.1, 0.15) is 5.58 Å². The van der Waals surface area contributed by atoms with E-state index in [1.54, 1.807) is 6.07 Å². The van der Waals surface area contributed by atoms with E-state index in [1.165, 1.54) is 38.8 Å². The highest BCUT2D eigenvalue weighted by atomic mass is 35.5. The molecule has 1 aliphatic carbocycles. The Balaban J connectivity index is 1.42. The summed E-state index contributed by atoms with van der Waals surface area (Å²) in [6.07, 6.45) is 5.82. The van der Waals surface area contributed by atoms with Crippen LogP contribution in [0.2, 0.25) is 5.22 Å². The average Bonchev–Trinajstić information content (AvgIpc) is 3.24. The van der Waals surface area contributed by atoms with Gasteiger partial charge in [0, 0.05) is 29.0 Å². The van der Waals surface area contributed by atoms with Crippen molar-refractivity contribution in [2.75, 3.05) is 13.1 Å². The van der Waals surface area contributed by atoms with Crippen LogP contribution in [0.5, 0.6) is 0 Å². The Morgan fingerprint density at radius 3 is 2.78 bits per heavy atom. The maximum absolute atomic E-state index is 12.9. The van der Waals surface area contributed by atoms with Gasteiger partial charge in [-0.3, -0.25) is 9.69 Å². The molecule has 3 aliphatic heterocycles. The van der Waals surface area contributed by atoms with E-state index in [9.17, 15) is 4.79 Å². The minimum Gasteiger partial charge on any atom is -0.445 e. The third kappa shape index (κ3) is 2.10. The Hall–Kier alpha value is -1.32. The largest absolute Gasteiger partial charge is 0.445 e. The maximum Gasteiger partial charge on any atom is 0.194 e. The first-order chi connectivity index (χ1) is 11.2. The van der Waals surface area contributed by atoms with E-state index in [4.69, 9.17) is 16.0 Å². The first kappa shape index (κ1) is 14.1. The van der Waals surface area contributed by atoms with Crippen LogP contribution in [-0.4, -0.2) is 29.3 Å². The molecule has 3 saturated heterocycles. The van der Waals surface area contributed by atoms with Crippen molar-refractivity contribution in [2.45, 2.75) is 37.6 Å². The van der Waals surface area contributed by atoms with Crippen LogP contribution in [0.4, 0.5) is 0 Å². The molecule has 0 N–H and O–H groups in total. The number of ketones is 1. The molecule has 1 atom stereocenters. The molecule has 3 nitrogen and oxygen atoms in total. The third-order valence-corrected chi connectivity index (χ3v) is 6.59. The molecule has 0 radical (unpaired) electrons. The number of halogens is 1. The highest BCUT2D eigenvalue weighted by Crippen LogP contribution is 2.58. The molecule has 23 heavy (non-hydrogen) atoms. The maximum atomic E-state index is 12.9. The van der Waals surface area contributed by atoms with E-state index in [0.717, 1.165) is 22.5 Å². The summed E-state index contributed by atoms with van der Waals surface area (Å²) < 4.78 is 5.38. The van der Waals surface area contributed by atoms with Gasteiger partial charge in [-0.05, 0) is 80.4 Å². The van der Waals surface area contributed by atoms with Gasteiger partial charge in [-0.25, -0.2) is 0 Å². The monoisotopic (exact) mass is 329 g/mol. The number of carbonyl (C=O) groups is 1. The summed E-state index contributed by atoms with van der Waals surface area (Å²) >= 11 is 5.90. The predicted molar refractivity (Wildman–Crippen MR) is 89.9 cm³/mol. The van der Waals surface area contributed by atoms with E-state index in [1.807, 2.05) is 18.2 Å². The van der Waals surface area contributed by atoms with Gasteiger partial charge in [0.15, 0.2) is 11.0 Å². The SMILES string of the molecule is O=C(C[C@@H]1C2CCN(CC2)C12CC2)c1ccc2oc(Cl)cc2c1. The van der Waals surface area contributed by atoms with Gasteiger partial charge >= 0.3 is 0 Å². The van der Waals surface area contributed by atoms with Gasteiger partial charge in [0.2, 0.25) is 0 Å². The molecule has 2 bridgehead atoms. The molecule has 1 aromatic heterocycles. The molecule has 120 valence electrons. The van der Waals surface area contributed by atoms with Crippen molar-refractivity contribution in [3.8, 4) is 0 Å². The fourth-order valence-corrected chi connectivity index (χ4v) is 5.29. The van der Waals surface area contributed by atoms with Crippen molar-refractivity contribution >= 4 is 28.4 Å². The number of Topliss-reactive ketones (excluding diaryl/α,β-unsaturated/α-hetero) is 1. The third-order valence-electron chi connectivity index (χ3n) is 6.40. The first-order valence-electron chi connectivity index (χ1n) is 8.63. The molecule has 0 amide bonds. The molecule has 2 aromatic rings. The van der Waals surface area contributed by atoms with Gasteiger partial charge in [-0.1, -0.05) is 0 Å². The summed E-state index contributed by atoms with van der Waals surface area (Å²) in [7, 11) is 0. The normalized spacial score (nSPS) is 30.9. The van der Waals surface area contributed by atoms with Crippen molar-refractivity contribution in [2.24, 2.45) is 11.8 Å². The number of benzene rings is 1. The zero-order valence-corrected chi connectivity index (χ0v) is 13.8. The summed E-state index contributed by atoms with van der Waals surface area (Å²) in [5.41, 5.74) is 1.91. The van der Waals surface area contributed by atoms with Crippen molar-refractivity contribution < 1.29 is 9.21 Å². The van der Waals surface area contributed by atoms with Crippen molar-refractivity contribution in [1.82, 2.24) is 4.90 Å². The predicted octanol–water partition coefficient (Wildman–Crippen LogP) is 4.53. The number of hydrogen-bond acceptors (Lipinski definition) is 3. The van der Waals surface area contributed by atoms with Gasteiger partial charge in [-0.2, -0.15) is 0 Å². The first-order valence-corrected chi connectivity index (χ1v) is 9.01. The van der Waals surface area contributed by atoms with Crippen LogP contribution < -0.4 is 0 Å². The van der Waals surface area contributed by atoms with E-state index in [-0.39, 0.29) is 5.78 Å². The quantitative estimate of drug-likeness (QED) is 0.775. The summed E-state index contributed by atoms with van der Waals surface area (Å²) in [6.45, 7) is 2.49. The fourth-order valence-electron chi connectivity index (χ4n) is 5.09. The van der Waals surface area contributed by atoms with Gasteiger partial charge in [0.05, 0.1) is 0 Å². The molecular weight excluding hydrogens is 310 g/mol. The number of hydrogen-bond donors (Lipinski definition) is 0. The molecule has 1 saturated carbocycles. The zero-order chi connectivity index (χ0) is 15.6. The number of piperidine rings is 3. The summed E-state index contributed by atoms with van der Waals surface area (Å²) in [4.78, 5) is 15.5. The molecule has 0 unspecified atom stereocenters. The van der Waals surface area contributed by atoms with Crippen molar-refractivity contribution in [3.05, 3.63) is 35.0 Å². The molecule has 6 rings (SSSR count). The van der Waals surface area contributed by atoms with Crippen molar-refractivity contribution in [3.63, 3.8) is 0 Å². The molecule has 1 spiro atoms. The number of nitrogens with zero attached hydrogens (tertiary/aromatic N) is 1. The summed E-state index contributed by atoms with van der Waals surface area (Å²) in [5, 5.41) is 1.29. The number of rotatable bonds is 3. The van der Waals surface area contributed by atoms with Crippen LogP contribution in [-0.2, 0) is 0 Å². The summed E-state index contributed by atoms with van der Waals surface area (Å²) in [5.74, 6) is 1.58. The lowest BCUT2D eigenvalue weighted by molar-refractivity contribution is -0.0274. The molecular formula is C19H20ClNO2. The lowest BCUT2D eigenvalue weighted by Gasteiger charge is -2.52. The molecule has 4 aliphatic rings. The van der Waals surface area contributed by atoms with Crippen LogP contribution in [0.15, 0.2) is 28.7 Å². The minimum atomic E-state index is 0.272. The standard InChI is InChI=1S/C19H20ClNO2/c20-18-10-14-9-13(1-2-17(14)23-18)16(22)11-15-12-3-7-21(8-4-12)19(15)5-6-19/h1-2,9-10,12,15H,3-8,11H2/t15-/m1/s1. The van der Waals surface area contributed by atoms with E-state index in [0.29, 0.717) is 23.1 Å². The van der Waals surface area contributed by atoms with E-state index >= 15 is 0 Å². The lowest BCUT2D eigenvalue weighted by atomic mass is 9.69. The van der Waals surface area contributed by atoms with Gasteiger partial charge in [0.25, 0.3) is 0 Å². The van der Waals surface area contributed by atoms with Crippen LogP contribution in [0.25, 0.3) is 11.0 Å². The number of furan rings is 1. The second-order valence-corrected chi connectivity index (χ2v) is 7.84. The second-order valence-electron chi connectivity index (χ2n) is 7.46. The smallest absolute Gasteiger partial charge is 0.194 e. The highest BCUT2D eigenvalue weighted by molar-refractivity contribution is 6.29. The Labute approximate surface area is 140 Å². The second kappa shape index (κ2) is 4.84. The lowest BCUT2D eigenvalue weighted by Crippen LogP contribution is -2.57. The van der Waals surface area contributed by atoms with Crippen LogP contribution in [0.3, 0.4) is 0 Å². The van der Waals surface area contributed by atoms with Gasteiger partial charge < -0.3 is 4.42 Å².